The molecule has 2 amide bonds. The molecule has 4 rings (SSSR count). The Bertz CT molecular complexity index is 1050. The fourth-order valence-corrected chi connectivity index (χ4v) is 9.14. The maximum atomic E-state index is 14.5. The minimum atomic E-state index is -0.670. The predicted octanol–water partition coefficient (Wildman–Crippen LogP) is 4.21. The molecule has 8 heteroatoms. The topological polar surface area (TPSA) is 87.1 Å². The number of ether oxygens (including phenoxy) is 1. The predicted molar refractivity (Wildman–Crippen MR) is 154 cm³/mol. The van der Waals surface area contributed by atoms with Crippen molar-refractivity contribution in [2.75, 3.05) is 26.3 Å². The van der Waals surface area contributed by atoms with Gasteiger partial charge < -0.3 is 19.6 Å². The van der Waals surface area contributed by atoms with E-state index in [1.165, 1.54) is 0 Å². The first-order valence-electron chi connectivity index (χ1n) is 14.2. The summed E-state index contributed by atoms with van der Waals surface area (Å²) in [4.78, 5) is 45.6. The second-order valence-electron chi connectivity index (χ2n) is 11.0. The number of thioether (sulfide) groups is 1. The highest BCUT2D eigenvalue weighted by molar-refractivity contribution is 8.02. The molecule has 0 radical (unpaired) electrons. The summed E-state index contributed by atoms with van der Waals surface area (Å²) < 4.78 is 5.00. The molecule has 6 atom stereocenters. The summed E-state index contributed by atoms with van der Waals surface area (Å²) in [6, 6.07) is 9.19. The quantitative estimate of drug-likeness (QED) is 0.199. The van der Waals surface area contributed by atoms with Gasteiger partial charge in [0.25, 0.3) is 0 Å². The lowest BCUT2D eigenvalue weighted by Gasteiger charge is -2.40. The normalized spacial score (nSPS) is 28.8. The molecule has 3 unspecified atom stereocenters. The van der Waals surface area contributed by atoms with Crippen LogP contribution >= 0.6 is 11.8 Å². The number of carbonyl (C=O) groups is 3. The van der Waals surface area contributed by atoms with Gasteiger partial charge in [0.2, 0.25) is 11.8 Å². The average Bonchev–Trinajstić information content (AvgIpc) is 3.52. The second kappa shape index (κ2) is 13.2. The minimum Gasteiger partial charge on any atom is -0.465 e. The van der Waals surface area contributed by atoms with Crippen molar-refractivity contribution in [1.82, 2.24) is 9.80 Å². The number of aliphatic hydroxyl groups is 1. The molecule has 0 aliphatic carbocycles. The SMILES string of the molecule is C=CCCCOC(=O)[C@@H]1[C@H]2C(=O)N(CCCCCO)C(C(=O)N(CC=C)Cc3ccccc3)C23S[C@@H]1CC3C. The molecule has 2 bridgehead atoms. The Hall–Kier alpha value is -2.58. The van der Waals surface area contributed by atoms with E-state index < -0.39 is 22.6 Å². The maximum Gasteiger partial charge on any atom is 0.310 e. The number of amides is 2. The number of hydrogen-bond acceptors (Lipinski definition) is 6. The highest BCUT2D eigenvalue weighted by Crippen LogP contribution is 2.68. The molecule has 0 saturated carbocycles. The molecule has 0 aromatic heterocycles. The average molecular weight is 555 g/mol. The lowest BCUT2D eigenvalue weighted by molar-refractivity contribution is -0.154. The van der Waals surface area contributed by atoms with E-state index in [-0.39, 0.29) is 35.6 Å². The standard InChI is InChI=1S/C31H42N2O5S/c1-4-6-13-19-38-30(37)25-24-20-22(3)31(39-24)26(25)28(35)33(17-11-8-12-18-34)27(31)29(36)32(16-5-2)21-23-14-9-7-10-15-23/h4-5,7,9-10,14-15,22,24-27,34H,1-2,6,8,11-13,16-21H2,3H3/t22?,24-,25+,26+,27?,31?/m1/s1. The van der Waals surface area contributed by atoms with Crippen LogP contribution in [0.1, 0.15) is 51.0 Å². The zero-order valence-corrected chi connectivity index (χ0v) is 23.8. The monoisotopic (exact) mass is 554 g/mol. The molecule has 212 valence electrons. The fraction of sp³-hybridized carbons (Fsp3) is 0.581. The molecule has 3 heterocycles. The van der Waals surface area contributed by atoms with Gasteiger partial charge in [-0.2, -0.15) is 0 Å². The number of fused-ring (bicyclic) bond motifs is 1. The van der Waals surface area contributed by atoms with Crippen molar-refractivity contribution < 1.29 is 24.2 Å². The van der Waals surface area contributed by atoms with Crippen LogP contribution in [0.25, 0.3) is 0 Å². The summed E-state index contributed by atoms with van der Waals surface area (Å²) in [6.07, 6.45) is 7.88. The van der Waals surface area contributed by atoms with Crippen molar-refractivity contribution in [1.29, 1.82) is 0 Å². The number of allylic oxidation sites excluding steroid dienone is 1. The van der Waals surface area contributed by atoms with Crippen LogP contribution in [-0.4, -0.2) is 75.0 Å². The van der Waals surface area contributed by atoms with E-state index in [2.05, 4.69) is 20.1 Å². The Balaban J connectivity index is 1.66. The highest BCUT2D eigenvalue weighted by Gasteiger charge is 2.76. The Morgan fingerprint density at radius 3 is 2.64 bits per heavy atom. The molecule has 1 aromatic rings. The van der Waals surface area contributed by atoms with Crippen LogP contribution in [0.3, 0.4) is 0 Å². The number of nitrogens with zero attached hydrogens (tertiary/aromatic N) is 2. The number of benzene rings is 1. The molecule has 1 N–H and O–H groups in total. The van der Waals surface area contributed by atoms with Crippen molar-refractivity contribution in [3.63, 3.8) is 0 Å². The van der Waals surface area contributed by atoms with Crippen LogP contribution in [0.4, 0.5) is 0 Å². The first-order valence-corrected chi connectivity index (χ1v) is 15.1. The molecule has 3 saturated heterocycles. The van der Waals surface area contributed by atoms with Gasteiger partial charge in [-0.05, 0) is 50.0 Å². The Labute approximate surface area is 236 Å². The molecular formula is C31H42N2O5S. The third-order valence-corrected chi connectivity index (χ3v) is 10.6. The van der Waals surface area contributed by atoms with E-state index in [1.807, 2.05) is 30.3 Å². The van der Waals surface area contributed by atoms with Crippen molar-refractivity contribution in [2.45, 2.75) is 68.0 Å². The summed E-state index contributed by atoms with van der Waals surface area (Å²) in [6.45, 7) is 11.4. The minimum absolute atomic E-state index is 0.0327. The Kier molecular flexibility index (Phi) is 9.94. The third kappa shape index (κ3) is 5.68. The number of likely N-dealkylation sites (tertiary alicyclic amines) is 1. The van der Waals surface area contributed by atoms with Gasteiger partial charge >= 0.3 is 5.97 Å². The van der Waals surface area contributed by atoms with Crippen LogP contribution in [0.5, 0.6) is 0 Å². The number of hydrogen-bond donors (Lipinski definition) is 1. The van der Waals surface area contributed by atoms with Gasteiger partial charge in [-0.25, -0.2) is 0 Å². The number of carbonyl (C=O) groups excluding carboxylic acids is 3. The van der Waals surface area contributed by atoms with Gasteiger partial charge in [0.05, 0.1) is 23.2 Å². The van der Waals surface area contributed by atoms with Crippen LogP contribution in [0.2, 0.25) is 0 Å². The molecule has 3 aliphatic rings. The molecule has 7 nitrogen and oxygen atoms in total. The fourth-order valence-electron chi connectivity index (χ4n) is 6.74. The molecule has 3 aliphatic heterocycles. The van der Waals surface area contributed by atoms with Crippen molar-refractivity contribution in [2.24, 2.45) is 17.8 Å². The van der Waals surface area contributed by atoms with Gasteiger partial charge in [-0.3, -0.25) is 14.4 Å². The Morgan fingerprint density at radius 2 is 1.95 bits per heavy atom. The van der Waals surface area contributed by atoms with Gasteiger partial charge in [0.1, 0.15) is 6.04 Å². The molecule has 1 spiro atoms. The lowest BCUT2D eigenvalue weighted by Crippen LogP contribution is -2.57. The highest BCUT2D eigenvalue weighted by atomic mass is 32.2. The summed E-state index contributed by atoms with van der Waals surface area (Å²) in [5, 5.41) is 9.23. The van der Waals surface area contributed by atoms with Crippen molar-refractivity contribution in [3.05, 3.63) is 61.2 Å². The third-order valence-electron chi connectivity index (χ3n) is 8.48. The maximum absolute atomic E-state index is 14.5. The van der Waals surface area contributed by atoms with Crippen molar-refractivity contribution in [3.8, 4) is 0 Å². The van der Waals surface area contributed by atoms with Gasteiger partial charge in [0, 0.05) is 31.5 Å². The van der Waals surface area contributed by atoms with Gasteiger partial charge in [0.15, 0.2) is 0 Å². The first kappa shape index (κ1) is 29.4. The van der Waals surface area contributed by atoms with E-state index in [1.54, 1.807) is 33.7 Å². The van der Waals surface area contributed by atoms with E-state index in [9.17, 15) is 19.5 Å². The van der Waals surface area contributed by atoms with E-state index in [0.717, 1.165) is 24.8 Å². The van der Waals surface area contributed by atoms with Crippen molar-refractivity contribution >= 4 is 29.5 Å². The van der Waals surface area contributed by atoms with Crippen LogP contribution in [0.15, 0.2) is 55.6 Å². The summed E-state index contributed by atoms with van der Waals surface area (Å²) in [7, 11) is 0. The van der Waals surface area contributed by atoms with Crippen LogP contribution in [0, 0.1) is 17.8 Å². The number of unbranched alkanes of at least 4 members (excludes halogenated alkanes) is 3. The zero-order valence-electron chi connectivity index (χ0n) is 23.0. The summed E-state index contributed by atoms with van der Waals surface area (Å²) >= 11 is 1.67. The molecular weight excluding hydrogens is 512 g/mol. The number of esters is 1. The molecule has 1 aromatic carbocycles. The first-order chi connectivity index (χ1) is 18.9. The molecule has 3 fully saturated rings. The van der Waals surface area contributed by atoms with Gasteiger partial charge in [-0.1, -0.05) is 49.4 Å². The number of rotatable bonds is 15. The van der Waals surface area contributed by atoms with Crippen LogP contribution < -0.4 is 0 Å². The van der Waals surface area contributed by atoms with E-state index in [0.29, 0.717) is 45.5 Å². The van der Waals surface area contributed by atoms with Crippen LogP contribution in [-0.2, 0) is 25.7 Å². The summed E-state index contributed by atoms with van der Waals surface area (Å²) in [5.74, 6) is -1.52. The summed E-state index contributed by atoms with van der Waals surface area (Å²) in [5.41, 5.74) is 1.01. The van der Waals surface area contributed by atoms with E-state index in [4.69, 9.17) is 4.74 Å². The smallest absolute Gasteiger partial charge is 0.310 e. The second-order valence-corrected chi connectivity index (χ2v) is 12.5. The number of aliphatic hydroxyl groups excluding tert-OH is 1. The molecule has 39 heavy (non-hydrogen) atoms. The zero-order chi connectivity index (χ0) is 28.0. The van der Waals surface area contributed by atoms with Gasteiger partial charge in [-0.15, -0.1) is 24.9 Å². The Morgan fingerprint density at radius 1 is 1.18 bits per heavy atom. The lowest BCUT2D eigenvalue weighted by atomic mass is 9.66. The largest absolute Gasteiger partial charge is 0.465 e. The van der Waals surface area contributed by atoms with E-state index >= 15 is 0 Å².